The Morgan fingerprint density at radius 3 is 2.52 bits per heavy atom. The molecule has 4 nitrogen and oxygen atoms in total. The van der Waals surface area contributed by atoms with Gasteiger partial charge in [0.05, 0.1) is 0 Å². The van der Waals surface area contributed by atoms with E-state index < -0.39 is 0 Å². The van der Waals surface area contributed by atoms with E-state index in [1.54, 1.807) is 0 Å². The van der Waals surface area contributed by atoms with Gasteiger partial charge in [0.25, 0.3) is 5.91 Å². The molecule has 0 aromatic heterocycles. The van der Waals surface area contributed by atoms with Crippen molar-refractivity contribution in [3.05, 3.63) is 35.6 Å². The number of amides is 1. The molecule has 0 unspecified atom stereocenters. The molecule has 1 aliphatic carbocycles. The normalized spacial score (nSPS) is 21.4. The zero-order valence-electron chi connectivity index (χ0n) is 12.0. The van der Waals surface area contributed by atoms with Gasteiger partial charge in [0.2, 0.25) is 0 Å². The molecule has 1 saturated carbocycles. The van der Waals surface area contributed by atoms with Gasteiger partial charge in [-0.05, 0) is 55.2 Å². The molecule has 21 heavy (non-hydrogen) atoms. The summed E-state index contributed by atoms with van der Waals surface area (Å²) in [5.41, 5.74) is 5.57. The van der Waals surface area contributed by atoms with E-state index >= 15 is 0 Å². The molecule has 0 radical (unpaired) electrons. The van der Waals surface area contributed by atoms with E-state index in [4.69, 9.17) is 12.2 Å². The van der Waals surface area contributed by atoms with Crippen molar-refractivity contribution in [3.63, 3.8) is 0 Å². The third-order valence-electron chi connectivity index (χ3n) is 3.82. The van der Waals surface area contributed by atoms with E-state index in [-0.39, 0.29) is 11.7 Å². The lowest BCUT2D eigenvalue weighted by Crippen LogP contribution is -2.51. The van der Waals surface area contributed by atoms with Gasteiger partial charge >= 0.3 is 0 Å². The highest BCUT2D eigenvalue weighted by molar-refractivity contribution is 7.80. The Labute approximate surface area is 129 Å². The first kappa shape index (κ1) is 15.7. The predicted octanol–water partition coefficient (Wildman–Crippen LogP) is 2.51. The van der Waals surface area contributed by atoms with Crippen molar-refractivity contribution in [3.8, 4) is 0 Å². The van der Waals surface area contributed by atoms with Crippen LogP contribution in [0, 0.1) is 11.7 Å². The maximum absolute atomic E-state index is 12.8. The summed E-state index contributed by atoms with van der Waals surface area (Å²) in [6.45, 7) is 2.20. The van der Waals surface area contributed by atoms with Crippen LogP contribution in [0.2, 0.25) is 0 Å². The van der Waals surface area contributed by atoms with Crippen molar-refractivity contribution in [2.75, 3.05) is 0 Å². The van der Waals surface area contributed by atoms with Crippen LogP contribution in [-0.2, 0) is 0 Å². The molecular weight excluding hydrogens is 289 g/mol. The Kier molecular flexibility index (Phi) is 5.50. The fourth-order valence-corrected chi connectivity index (χ4v) is 2.72. The SMILES string of the molecule is C[C@H]1CCCC[C@H]1NC(=S)NNC(=O)c1ccc(F)cc1. The molecule has 0 aliphatic heterocycles. The monoisotopic (exact) mass is 309 g/mol. The van der Waals surface area contributed by atoms with Crippen LogP contribution in [0.1, 0.15) is 43.0 Å². The van der Waals surface area contributed by atoms with Crippen molar-refractivity contribution >= 4 is 23.2 Å². The minimum atomic E-state index is -0.372. The average Bonchev–Trinajstić information content (AvgIpc) is 2.48. The van der Waals surface area contributed by atoms with Crippen LogP contribution in [-0.4, -0.2) is 17.1 Å². The fraction of sp³-hybridized carbons (Fsp3) is 0.467. The van der Waals surface area contributed by atoms with E-state index in [0.717, 1.165) is 6.42 Å². The lowest BCUT2D eigenvalue weighted by molar-refractivity contribution is 0.0943. The fourth-order valence-electron chi connectivity index (χ4n) is 2.52. The Morgan fingerprint density at radius 1 is 1.19 bits per heavy atom. The van der Waals surface area contributed by atoms with Gasteiger partial charge in [-0.15, -0.1) is 0 Å². The summed E-state index contributed by atoms with van der Waals surface area (Å²) in [7, 11) is 0. The molecule has 2 rings (SSSR count). The first-order chi connectivity index (χ1) is 10.1. The van der Waals surface area contributed by atoms with E-state index in [9.17, 15) is 9.18 Å². The molecule has 1 aromatic carbocycles. The van der Waals surface area contributed by atoms with Gasteiger partial charge in [-0.1, -0.05) is 19.8 Å². The maximum Gasteiger partial charge on any atom is 0.269 e. The Morgan fingerprint density at radius 2 is 1.86 bits per heavy atom. The second kappa shape index (κ2) is 7.36. The molecule has 3 N–H and O–H groups in total. The zero-order chi connectivity index (χ0) is 15.2. The number of thiocarbonyl (C=S) groups is 1. The third-order valence-corrected chi connectivity index (χ3v) is 4.04. The van der Waals surface area contributed by atoms with Gasteiger partial charge in [-0.25, -0.2) is 4.39 Å². The molecule has 1 amide bonds. The highest BCUT2D eigenvalue weighted by atomic mass is 32.1. The lowest BCUT2D eigenvalue weighted by Gasteiger charge is -2.30. The highest BCUT2D eigenvalue weighted by Crippen LogP contribution is 2.23. The second-order valence-corrected chi connectivity index (χ2v) is 5.84. The molecule has 6 heteroatoms. The highest BCUT2D eigenvalue weighted by Gasteiger charge is 2.21. The van der Waals surface area contributed by atoms with Crippen LogP contribution in [0.15, 0.2) is 24.3 Å². The number of nitrogens with one attached hydrogen (secondary N) is 3. The predicted molar refractivity (Wildman–Crippen MR) is 84.2 cm³/mol. The van der Waals surface area contributed by atoms with Gasteiger partial charge < -0.3 is 5.32 Å². The van der Waals surface area contributed by atoms with Crippen LogP contribution in [0.3, 0.4) is 0 Å². The lowest BCUT2D eigenvalue weighted by atomic mass is 9.86. The van der Waals surface area contributed by atoms with Crippen molar-refractivity contribution in [1.82, 2.24) is 16.2 Å². The minimum absolute atomic E-state index is 0.349. The van der Waals surface area contributed by atoms with Crippen molar-refractivity contribution in [2.24, 2.45) is 5.92 Å². The Balaban J connectivity index is 1.78. The quantitative estimate of drug-likeness (QED) is 0.580. The molecule has 114 valence electrons. The summed E-state index contributed by atoms with van der Waals surface area (Å²) < 4.78 is 12.8. The van der Waals surface area contributed by atoms with E-state index in [1.165, 1.54) is 43.5 Å². The standard InChI is InChI=1S/C15H20FN3OS/c1-10-4-2-3-5-13(10)17-15(21)19-18-14(20)11-6-8-12(16)9-7-11/h6-10,13H,2-5H2,1H3,(H,18,20)(H2,17,19,21)/t10-,13+/m0/s1. The topological polar surface area (TPSA) is 53.2 Å². The van der Waals surface area contributed by atoms with Crippen LogP contribution in [0.5, 0.6) is 0 Å². The molecule has 0 saturated heterocycles. The molecule has 0 heterocycles. The third kappa shape index (κ3) is 4.67. The van der Waals surface area contributed by atoms with Gasteiger partial charge in [0.15, 0.2) is 5.11 Å². The van der Waals surface area contributed by atoms with E-state index in [0.29, 0.717) is 22.6 Å². The number of hydrogen-bond acceptors (Lipinski definition) is 2. The largest absolute Gasteiger partial charge is 0.358 e. The Bertz CT molecular complexity index is 506. The summed E-state index contributed by atoms with van der Waals surface area (Å²) in [6, 6.07) is 5.68. The molecule has 1 fully saturated rings. The molecule has 1 aliphatic rings. The van der Waals surface area contributed by atoms with E-state index in [2.05, 4.69) is 23.1 Å². The van der Waals surface area contributed by atoms with Crippen LogP contribution in [0.25, 0.3) is 0 Å². The first-order valence-corrected chi connectivity index (χ1v) is 7.59. The Hall–Kier alpha value is -1.69. The molecular formula is C15H20FN3OS. The summed E-state index contributed by atoms with van der Waals surface area (Å²) in [5.74, 6) is -0.148. The van der Waals surface area contributed by atoms with Crippen molar-refractivity contribution < 1.29 is 9.18 Å². The average molecular weight is 309 g/mol. The second-order valence-electron chi connectivity index (χ2n) is 5.43. The summed E-state index contributed by atoms with van der Waals surface area (Å²) in [5, 5.41) is 3.64. The number of carbonyl (C=O) groups is 1. The molecule has 0 bridgehead atoms. The maximum atomic E-state index is 12.8. The number of halogens is 1. The molecule has 2 atom stereocenters. The number of hydrogen-bond donors (Lipinski definition) is 3. The van der Waals surface area contributed by atoms with Crippen molar-refractivity contribution in [1.29, 1.82) is 0 Å². The van der Waals surface area contributed by atoms with Gasteiger partial charge in [0, 0.05) is 11.6 Å². The van der Waals surface area contributed by atoms with Crippen LogP contribution < -0.4 is 16.2 Å². The van der Waals surface area contributed by atoms with Gasteiger partial charge in [-0.2, -0.15) is 0 Å². The number of benzene rings is 1. The van der Waals surface area contributed by atoms with Crippen molar-refractivity contribution in [2.45, 2.75) is 38.6 Å². The van der Waals surface area contributed by atoms with E-state index in [1.807, 2.05) is 0 Å². The smallest absolute Gasteiger partial charge is 0.269 e. The minimum Gasteiger partial charge on any atom is -0.358 e. The zero-order valence-corrected chi connectivity index (χ0v) is 12.8. The van der Waals surface area contributed by atoms with Crippen LogP contribution in [0.4, 0.5) is 4.39 Å². The number of hydrazine groups is 1. The molecule has 0 spiro atoms. The summed E-state index contributed by atoms with van der Waals surface area (Å²) in [4.78, 5) is 11.8. The number of carbonyl (C=O) groups excluding carboxylic acids is 1. The van der Waals surface area contributed by atoms with Gasteiger partial charge in [0.1, 0.15) is 5.82 Å². The molecule has 1 aromatic rings. The van der Waals surface area contributed by atoms with Crippen LogP contribution >= 0.6 is 12.2 Å². The summed E-state index contributed by atoms with van der Waals surface area (Å²) >= 11 is 5.18. The first-order valence-electron chi connectivity index (χ1n) is 7.18. The summed E-state index contributed by atoms with van der Waals surface area (Å²) in [6.07, 6.45) is 4.75. The number of rotatable bonds is 2. The van der Waals surface area contributed by atoms with Gasteiger partial charge in [-0.3, -0.25) is 15.6 Å².